The second-order valence-electron chi connectivity index (χ2n) is 7.30. The summed E-state index contributed by atoms with van der Waals surface area (Å²) < 4.78 is 0. The van der Waals surface area contributed by atoms with Gasteiger partial charge in [-0.1, -0.05) is 19.3 Å². The number of fused-ring (bicyclic) bond motifs is 1. The quantitative estimate of drug-likeness (QED) is 0.846. The van der Waals surface area contributed by atoms with Crippen LogP contribution in [0.4, 0.5) is 0 Å². The number of nitrogens with one attached hydrogen (secondary N) is 1. The van der Waals surface area contributed by atoms with Gasteiger partial charge in [-0.3, -0.25) is 9.69 Å². The van der Waals surface area contributed by atoms with E-state index >= 15 is 0 Å². The van der Waals surface area contributed by atoms with E-state index in [2.05, 4.69) is 22.0 Å². The van der Waals surface area contributed by atoms with Crippen molar-refractivity contribution in [2.75, 3.05) is 19.6 Å². The van der Waals surface area contributed by atoms with Crippen LogP contribution in [0.5, 0.6) is 0 Å². The Labute approximate surface area is 129 Å². The van der Waals surface area contributed by atoms with Crippen molar-refractivity contribution in [1.82, 2.24) is 15.1 Å². The second kappa shape index (κ2) is 6.66. The zero-order valence-electron chi connectivity index (χ0n) is 13.7. The Hall–Kier alpha value is -0.610. The molecule has 1 N–H and O–H groups in total. The van der Waals surface area contributed by atoms with E-state index in [4.69, 9.17) is 0 Å². The predicted octanol–water partition coefficient (Wildman–Crippen LogP) is 1.99. The van der Waals surface area contributed by atoms with Crippen LogP contribution in [0, 0.1) is 0 Å². The Balaban J connectivity index is 1.70. The lowest BCUT2D eigenvalue weighted by Crippen LogP contribution is -2.66. The largest absolute Gasteiger partial charge is 0.334 e. The molecule has 0 spiro atoms. The maximum atomic E-state index is 12.1. The minimum absolute atomic E-state index is 0.273. The third-order valence-corrected chi connectivity index (χ3v) is 5.72. The van der Waals surface area contributed by atoms with Crippen molar-refractivity contribution in [3.05, 3.63) is 0 Å². The summed E-state index contributed by atoms with van der Waals surface area (Å²) in [4.78, 5) is 17.0. The summed E-state index contributed by atoms with van der Waals surface area (Å²) in [5.41, 5.74) is 0. The van der Waals surface area contributed by atoms with E-state index in [1.54, 1.807) is 6.92 Å². The average molecular weight is 293 g/mol. The summed E-state index contributed by atoms with van der Waals surface area (Å²) in [5, 5.41) is 3.69. The number of piperidine rings is 1. The molecule has 1 amide bonds. The van der Waals surface area contributed by atoms with Crippen molar-refractivity contribution in [1.29, 1.82) is 0 Å². The Morgan fingerprint density at radius 2 is 1.81 bits per heavy atom. The normalized spacial score (nSPS) is 38.1. The SMILES string of the molecule is CC(=O)N1C2CCCCC2N(CC2CCCCN2)C[C@@H]1C. The molecular weight excluding hydrogens is 262 g/mol. The molecule has 3 fully saturated rings. The van der Waals surface area contributed by atoms with Gasteiger partial charge in [0, 0.05) is 44.2 Å². The highest BCUT2D eigenvalue weighted by molar-refractivity contribution is 5.74. The molecule has 2 saturated heterocycles. The monoisotopic (exact) mass is 293 g/mol. The number of piperazine rings is 1. The lowest BCUT2D eigenvalue weighted by molar-refractivity contribution is -0.142. The number of rotatable bonds is 2. The van der Waals surface area contributed by atoms with Crippen LogP contribution in [0.25, 0.3) is 0 Å². The van der Waals surface area contributed by atoms with Crippen LogP contribution in [0.15, 0.2) is 0 Å². The molecule has 4 heteroatoms. The molecule has 1 aliphatic carbocycles. The van der Waals surface area contributed by atoms with Crippen molar-refractivity contribution in [2.45, 2.75) is 83.0 Å². The van der Waals surface area contributed by atoms with Crippen molar-refractivity contribution < 1.29 is 4.79 Å². The molecule has 4 atom stereocenters. The highest BCUT2D eigenvalue weighted by Crippen LogP contribution is 2.33. The van der Waals surface area contributed by atoms with Crippen LogP contribution >= 0.6 is 0 Å². The molecule has 0 aromatic rings. The first-order chi connectivity index (χ1) is 10.2. The van der Waals surface area contributed by atoms with Crippen LogP contribution in [-0.4, -0.2) is 59.5 Å². The van der Waals surface area contributed by atoms with Gasteiger partial charge in [0.25, 0.3) is 0 Å². The molecule has 3 aliphatic rings. The highest BCUT2D eigenvalue weighted by atomic mass is 16.2. The van der Waals surface area contributed by atoms with Gasteiger partial charge in [0.05, 0.1) is 0 Å². The number of carbonyl (C=O) groups excluding carboxylic acids is 1. The van der Waals surface area contributed by atoms with Crippen LogP contribution in [0.3, 0.4) is 0 Å². The minimum atomic E-state index is 0.273. The van der Waals surface area contributed by atoms with E-state index < -0.39 is 0 Å². The molecule has 0 aromatic carbocycles. The molecule has 3 rings (SSSR count). The molecular formula is C17H31N3O. The summed E-state index contributed by atoms with van der Waals surface area (Å²) >= 11 is 0. The number of hydrogen-bond acceptors (Lipinski definition) is 3. The highest BCUT2D eigenvalue weighted by Gasteiger charge is 2.42. The van der Waals surface area contributed by atoms with Gasteiger partial charge in [-0.2, -0.15) is 0 Å². The van der Waals surface area contributed by atoms with Crippen LogP contribution in [0.1, 0.15) is 58.8 Å². The summed E-state index contributed by atoms with van der Waals surface area (Å²) in [6.07, 6.45) is 9.10. The molecule has 0 aromatic heterocycles. The lowest BCUT2D eigenvalue weighted by Gasteiger charge is -2.53. The van der Waals surface area contributed by atoms with E-state index in [0.29, 0.717) is 24.2 Å². The van der Waals surface area contributed by atoms with E-state index in [1.807, 2.05) is 0 Å². The molecule has 1 saturated carbocycles. The summed E-state index contributed by atoms with van der Waals surface area (Å²) in [5.74, 6) is 0.273. The standard InChI is InChI=1S/C17H31N3O/c1-13-11-19(12-15-7-5-6-10-18-15)16-8-3-4-9-17(16)20(13)14(2)21/h13,15-18H,3-12H2,1-2H3/t13-,15?,16?,17?/m0/s1. The Morgan fingerprint density at radius 1 is 1.10 bits per heavy atom. The Kier molecular flexibility index (Phi) is 4.85. The van der Waals surface area contributed by atoms with E-state index in [9.17, 15) is 4.79 Å². The van der Waals surface area contributed by atoms with Gasteiger partial charge < -0.3 is 10.2 Å². The maximum Gasteiger partial charge on any atom is 0.220 e. The van der Waals surface area contributed by atoms with Gasteiger partial charge >= 0.3 is 0 Å². The Morgan fingerprint density at radius 3 is 2.48 bits per heavy atom. The van der Waals surface area contributed by atoms with Crippen molar-refractivity contribution >= 4 is 5.91 Å². The lowest BCUT2D eigenvalue weighted by atomic mass is 9.84. The third kappa shape index (κ3) is 3.26. The first kappa shape index (κ1) is 15.3. The average Bonchev–Trinajstić information content (AvgIpc) is 2.48. The van der Waals surface area contributed by atoms with Crippen molar-refractivity contribution in [2.24, 2.45) is 0 Å². The zero-order chi connectivity index (χ0) is 14.8. The summed E-state index contributed by atoms with van der Waals surface area (Å²) in [6.45, 7) is 7.39. The van der Waals surface area contributed by atoms with Crippen molar-refractivity contribution in [3.63, 3.8) is 0 Å². The van der Waals surface area contributed by atoms with Gasteiger partial charge in [-0.05, 0) is 39.2 Å². The number of nitrogens with zero attached hydrogens (tertiary/aromatic N) is 2. The van der Waals surface area contributed by atoms with Gasteiger partial charge in [0.1, 0.15) is 0 Å². The Bertz CT molecular complexity index is 367. The molecule has 21 heavy (non-hydrogen) atoms. The topological polar surface area (TPSA) is 35.6 Å². The van der Waals surface area contributed by atoms with E-state index in [-0.39, 0.29) is 5.91 Å². The maximum absolute atomic E-state index is 12.1. The zero-order valence-corrected chi connectivity index (χ0v) is 13.7. The number of amides is 1. The van der Waals surface area contributed by atoms with Crippen molar-refractivity contribution in [3.8, 4) is 0 Å². The molecule has 3 unspecified atom stereocenters. The summed E-state index contributed by atoms with van der Waals surface area (Å²) in [7, 11) is 0. The first-order valence-corrected chi connectivity index (χ1v) is 8.93. The molecule has 0 bridgehead atoms. The van der Waals surface area contributed by atoms with Gasteiger partial charge in [0.15, 0.2) is 0 Å². The first-order valence-electron chi connectivity index (χ1n) is 8.93. The number of hydrogen-bond donors (Lipinski definition) is 1. The smallest absolute Gasteiger partial charge is 0.220 e. The molecule has 4 nitrogen and oxygen atoms in total. The number of carbonyl (C=O) groups is 1. The van der Waals surface area contributed by atoms with Gasteiger partial charge in [0.2, 0.25) is 5.91 Å². The van der Waals surface area contributed by atoms with Crippen LogP contribution < -0.4 is 5.32 Å². The third-order valence-electron chi connectivity index (χ3n) is 5.72. The van der Waals surface area contributed by atoms with Gasteiger partial charge in [-0.15, -0.1) is 0 Å². The van der Waals surface area contributed by atoms with E-state index in [0.717, 1.165) is 6.54 Å². The summed E-state index contributed by atoms with van der Waals surface area (Å²) in [6, 6.07) is 2.09. The van der Waals surface area contributed by atoms with E-state index in [1.165, 1.54) is 58.0 Å². The van der Waals surface area contributed by atoms with Gasteiger partial charge in [-0.25, -0.2) is 0 Å². The molecule has 2 aliphatic heterocycles. The fourth-order valence-electron chi connectivity index (χ4n) is 4.85. The predicted molar refractivity (Wildman–Crippen MR) is 85.2 cm³/mol. The molecule has 120 valence electrons. The fraction of sp³-hybridized carbons (Fsp3) is 0.941. The van der Waals surface area contributed by atoms with Crippen LogP contribution in [0.2, 0.25) is 0 Å². The van der Waals surface area contributed by atoms with Crippen LogP contribution in [-0.2, 0) is 4.79 Å². The molecule has 2 heterocycles. The minimum Gasteiger partial charge on any atom is -0.334 e. The fourth-order valence-corrected chi connectivity index (χ4v) is 4.85. The molecule has 0 radical (unpaired) electrons. The second-order valence-corrected chi connectivity index (χ2v) is 7.30.